The highest BCUT2D eigenvalue weighted by Crippen LogP contribution is 2.54. The highest BCUT2D eigenvalue weighted by Gasteiger charge is 2.81. The largest absolute Gasteiger partial charge is 0.490 e. The average Bonchev–Trinajstić information content (AvgIpc) is 3.10. The summed E-state index contributed by atoms with van der Waals surface area (Å²) < 4.78 is 201. The Kier molecular flexibility index (Phi) is 14.6. The van der Waals surface area contributed by atoms with E-state index in [4.69, 9.17) is 9.47 Å². The van der Waals surface area contributed by atoms with Gasteiger partial charge in [-0.1, -0.05) is 38.3 Å². The molecule has 0 spiro atoms. The van der Waals surface area contributed by atoms with Gasteiger partial charge in [-0.2, -0.15) is 57.1 Å². The first-order valence-electron chi connectivity index (χ1n) is 16.5. The molecule has 0 amide bonds. The van der Waals surface area contributed by atoms with Gasteiger partial charge in [0, 0.05) is 12.0 Å². The van der Waals surface area contributed by atoms with Gasteiger partial charge in [0.25, 0.3) is 0 Å². The summed E-state index contributed by atoms with van der Waals surface area (Å²) in [6.07, 6.45) is -15.9. The van der Waals surface area contributed by atoms with Crippen LogP contribution in [0.15, 0.2) is 60.7 Å². The van der Waals surface area contributed by atoms with E-state index >= 15 is 0 Å². The highest BCUT2D eigenvalue weighted by molar-refractivity contribution is 5.92. The van der Waals surface area contributed by atoms with Crippen LogP contribution in [0.2, 0.25) is 0 Å². The second-order valence-corrected chi connectivity index (χ2v) is 12.2. The number of unbranched alkanes of at least 4 members (excludes halogenated alkanes) is 4. The van der Waals surface area contributed by atoms with Gasteiger partial charge >= 0.3 is 42.1 Å². The van der Waals surface area contributed by atoms with Gasteiger partial charge < -0.3 is 14.2 Å². The quantitative estimate of drug-likeness (QED) is 0.0554. The number of carbonyl (C=O) groups excluding carboxylic acids is 2. The summed E-state index contributed by atoms with van der Waals surface area (Å²) in [5, 5.41) is 0. The lowest BCUT2D eigenvalue weighted by molar-refractivity contribution is -0.396. The molecule has 0 saturated carbocycles. The number of halogens is 14. The molecule has 3 aromatic rings. The predicted octanol–water partition coefficient (Wildman–Crippen LogP) is 11.9. The lowest BCUT2D eigenvalue weighted by Gasteiger charge is -2.33. The smallest absolute Gasteiger partial charge is 0.460 e. The summed E-state index contributed by atoms with van der Waals surface area (Å²) in [6.45, 7) is 1.15. The molecule has 0 radical (unpaired) electrons. The standard InChI is InChI=1S/C36H32F14O5/c1-2-3-4-5-8-27(33(41,42)43)55-31(52)23-13-15-24(16-14-23)54-30(51)22-11-9-21(10-12-22)25-17-18-26(29(38)28(25)37)53-20-7-6-19-32(39,40)34(44,45)35(46,47)36(48,49)50/h9-18,27H,2-8,19-20H2,1H3/t27-/m1/s1. The molecule has 0 aliphatic carbocycles. The Morgan fingerprint density at radius 2 is 1.22 bits per heavy atom. The fourth-order valence-corrected chi connectivity index (χ4v) is 4.92. The first kappa shape index (κ1) is 44.8. The van der Waals surface area contributed by atoms with E-state index in [0.717, 1.165) is 49.2 Å². The van der Waals surface area contributed by atoms with Crippen molar-refractivity contribution in [2.75, 3.05) is 6.61 Å². The molecule has 304 valence electrons. The number of esters is 2. The molecule has 0 fully saturated rings. The molecule has 55 heavy (non-hydrogen) atoms. The van der Waals surface area contributed by atoms with Gasteiger partial charge in [0.1, 0.15) is 5.75 Å². The Hall–Kier alpha value is -4.58. The van der Waals surface area contributed by atoms with Gasteiger partial charge in [0.15, 0.2) is 17.7 Å². The third-order valence-corrected chi connectivity index (χ3v) is 8.07. The summed E-state index contributed by atoms with van der Waals surface area (Å²) in [7, 11) is 0. The van der Waals surface area contributed by atoms with Crippen LogP contribution in [0.25, 0.3) is 11.1 Å². The highest BCUT2D eigenvalue weighted by atomic mass is 19.4. The maximum atomic E-state index is 14.9. The molecule has 0 heterocycles. The third-order valence-electron chi connectivity index (χ3n) is 8.07. The van der Waals surface area contributed by atoms with Crippen molar-refractivity contribution in [2.45, 2.75) is 94.5 Å². The number of hydrogen-bond donors (Lipinski definition) is 0. The maximum absolute atomic E-state index is 14.9. The number of carbonyl (C=O) groups is 2. The van der Waals surface area contributed by atoms with E-state index in [1.54, 1.807) is 0 Å². The van der Waals surface area contributed by atoms with Gasteiger partial charge in [-0.05, 0) is 79.8 Å². The zero-order valence-electron chi connectivity index (χ0n) is 28.5. The molecule has 0 unspecified atom stereocenters. The normalized spacial score (nSPS) is 13.4. The first-order valence-corrected chi connectivity index (χ1v) is 16.5. The van der Waals surface area contributed by atoms with Gasteiger partial charge in [0.2, 0.25) is 5.82 Å². The molecule has 3 aromatic carbocycles. The Labute approximate surface area is 304 Å². The lowest BCUT2D eigenvalue weighted by atomic mass is 9.99. The molecular formula is C36H32F14O5. The van der Waals surface area contributed by atoms with Crippen LogP contribution in [0.1, 0.15) is 79.0 Å². The minimum absolute atomic E-state index is 0.0312. The summed E-state index contributed by atoms with van der Waals surface area (Å²) >= 11 is 0. The molecule has 0 N–H and O–H groups in total. The summed E-state index contributed by atoms with van der Waals surface area (Å²) in [5.41, 5.74) is -0.644. The van der Waals surface area contributed by atoms with Crippen LogP contribution < -0.4 is 9.47 Å². The van der Waals surface area contributed by atoms with Crippen LogP contribution in [0.3, 0.4) is 0 Å². The second kappa shape index (κ2) is 17.9. The van der Waals surface area contributed by atoms with E-state index in [1.807, 2.05) is 6.92 Å². The number of hydrogen-bond acceptors (Lipinski definition) is 5. The van der Waals surface area contributed by atoms with E-state index in [9.17, 15) is 71.1 Å². The molecule has 0 aromatic heterocycles. The molecule has 0 aliphatic heterocycles. The zero-order chi connectivity index (χ0) is 41.4. The van der Waals surface area contributed by atoms with Crippen molar-refractivity contribution in [3.05, 3.63) is 83.4 Å². The van der Waals surface area contributed by atoms with Gasteiger partial charge in [-0.15, -0.1) is 0 Å². The summed E-state index contributed by atoms with van der Waals surface area (Å²) in [5.74, 6) is -25.7. The van der Waals surface area contributed by atoms with Crippen LogP contribution >= 0.6 is 0 Å². The van der Waals surface area contributed by atoms with Gasteiger partial charge in [-0.3, -0.25) is 0 Å². The SMILES string of the molecule is CCCCCC[C@@H](OC(=O)c1ccc(OC(=O)c2ccc(-c3ccc(OCCCCC(F)(F)C(F)(F)C(F)(F)C(F)(F)F)c(F)c3F)cc2)cc1)C(F)(F)F. The fourth-order valence-electron chi connectivity index (χ4n) is 4.92. The lowest BCUT2D eigenvalue weighted by Crippen LogP contribution is -2.60. The average molecular weight is 811 g/mol. The molecule has 1 atom stereocenters. The molecule has 0 aliphatic rings. The van der Waals surface area contributed by atoms with E-state index in [0.29, 0.717) is 6.42 Å². The number of ether oxygens (including phenoxy) is 3. The number of rotatable bonds is 18. The van der Waals surface area contributed by atoms with Crippen molar-refractivity contribution >= 4 is 11.9 Å². The second-order valence-electron chi connectivity index (χ2n) is 12.2. The fraction of sp³-hybridized carbons (Fsp3) is 0.444. The molecular weight excluding hydrogens is 778 g/mol. The summed E-state index contributed by atoms with van der Waals surface area (Å²) in [6, 6.07) is 11.1. The Bertz CT molecular complexity index is 1740. The number of alkyl halides is 12. The Morgan fingerprint density at radius 3 is 1.78 bits per heavy atom. The van der Waals surface area contributed by atoms with E-state index in [-0.39, 0.29) is 34.4 Å². The van der Waals surface area contributed by atoms with Crippen molar-refractivity contribution in [3.8, 4) is 22.6 Å². The molecule has 5 nitrogen and oxygen atoms in total. The molecule has 0 bridgehead atoms. The van der Waals surface area contributed by atoms with Crippen LogP contribution in [0.4, 0.5) is 61.5 Å². The Morgan fingerprint density at radius 1 is 0.636 bits per heavy atom. The monoisotopic (exact) mass is 810 g/mol. The van der Waals surface area contributed by atoms with Crippen molar-refractivity contribution in [2.24, 2.45) is 0 Å². The van der Waals surface area contributed by atoms with Crippen LogP contribution in [0.5, 0.6) is 11.5 Å². The summed E-state index contributed by atoms with van der Waals surface area (Å²) in [4.78, 5) is 25.0. The van der Waals surface area contributed by atoms with Crippen molar-refractivity contribution in [1.82, 2.24) is 0 Å². The topological polar surface area (TPSA) is 61.8 Å². The Balaban J connectivity index is 1.56. The van der Waals surface area contributed by atoms with Crippen molar-refractivity contribution in [1.29, 1.82) is 0 Å². The minimum Gasteiger partial charge on any atom is -0.490 e. The first-order chi connectivity index (χ1) is 25.4. The van der Waals surface area contributed by atoms with E-state index < -0.39 is 97.8 Å². The minimum atomic E-state index is -7.02. The maximum Gasteiger partial charge on any atom is 0.460 e. The molecule has 3 rings (SSSR count). The van der Waals surface area contributed by atoms with Crippen LogP contribution in [-0.2, 0) is 4.74 Å². The van der Waals surface area contributed by atoms with Gasteiger partial charge in [0.05, 0.1) is 17.7 Å². The van der Waals surface area contributed by atoms with Crippen LogP contribution in [-0.4, -0.2) is 54.8 Å². The molecule has 0 saturated heterocycles. The predicted molar refractivity (Wildman–Crippen MR) is 167 cm³/mol. The molecule has 19 heteroatoms. The van der Waals surface area contributed by atoms with E-state index in [2.05, 4.69) is 4.74 Å². The number of benzene rings is 3. The van der Waals surface area contributed by atoms with Crippen molar-refractivity contribution < 1.29 is 85.3 Å². The third kappa shape index (κ3) is 11.0. The zero-order valence-corrected chi connectivity index (χ0v) is 28.5. The van der Waals surface area contributed by atoms with Crippen molar-refractivity contribution in [3.63, 3.8) is 0 Å². The van der Waals surface area contributed by atoms with E-state index in [1.165, 1.54) is 24.3 Å². The van der Waals surface area contributed by atoms with Crippen LogP contribution in [0, 0.1) is 11.6 Å². The van der Waals surface area contributed by atoms with Gasteiger partial charge in [-0.25, -0.2) is 14.0 Å².